The molecule has 2 N–H and O–H groups in total. The van der Waals surface area contributed by atoms with Crippen molar-refractivity contribution in [1.82, 2.24) is 0 Å². The molecule has 0 heterocycles. The van der Waals surface area contributed by atoms with Gasteiger partial charge in [0, 0.05) is 0 Å². The van der Waals surface area contributed by atoms with Gasteiger partial charge in [0.25, 0.3) is 0 Å². The monoisotopic (exact) mass is 402 g/mol. The fraction of sp³-hybridized carbons (Fsp3) is 0.926. The third kappa shape index (κ3) is 3.55. The molecule has 0 aromatic rings. The van der Waals surface area contributed by atoms with E-state index < -0.39 is 12.2 Å². The molecule has 4 rings (SSSR count). The van der Waals surface area contributed by atoms with Gasteiger partial charge >= 0.3 is 0 Å². The third-order valence-electron chi connectivity index (χ3n) is 10.4. The highest BCUT2D eigenvalue weighted by molar-refractivity contribution is 5.29. The molecule has 4 aliphatic carbocycles. The van der Waals surface area contributed by atoms with Crippen LogP contribution in [0.4, 0.5) is 0 Å². The SMILES string of the molecule is CC(C)CCC[C@H](C)[C@@H]1CC[C@@H]2[C@H]3CC=C4[C@H](O)[C@@H](O)CC[C@]4(C)[C@@H]3CC[C@]21C. The highest BCUT2D eigenvalue weighted by Gasteiger charge is 2.60. The summed E-state index contributed by atoms with van der Waals surface area (Å²) in [5.41, 5.74) is 1.81. The summed E-state index contributed by atoms with van der Waals surface area (Å²) in [4.78, 5) is 0. The molecule has 0 aromatic heterocycles. The van der Waals surface area contributed by atoms with E-state index in [2.05, 4.69) is 40.7 Å². The molecular weight excluding hydrogens is 356 g/mol. The van der Waals surface area contributed by atoms with Crippen molar-refractivity contribution in [2.24, 2.45) is 46.3 Å². The number of allylic oxidation sites excluding steroid dienone is 1. The predicted molar refractivity (Wildman–Crippen MR) is 120 cm³/mol. The predicted octanol–water partition coefficient (Wildman–Crippen LogP) is 6.36. The highest BCUT2D eigenvalue weighted by Crippen LogP contribution is 2.67. The lowest BCUT2D eigenvalue weighted by atomic mass is 9.46. The smallest absolute Gasteiger partial charge is 0.101 e. The number of aliphatic hydroxyl groups excluding tert-OH is 2. The Morgan fingerprint density at radius 1 is 0.966 bits per heavy atom. The lowest BCUT2D eigenvalue weighted by Crippen LogP contribution is -2.53. The van der Waals surface area contributed by atoms with E-state index in [4.69, 9.17) is 0 Å². The Balaban J connectivity index is 1.51. The van der Waals surface area contributed by atoms with Gasteiger partial charge in [0.15, 0.2) is 0 Å². The molecule has 4 aliphatic rings. The molecular formula is C27H46O2. The van der Waals surface area contributed by atoms with Gasteiger partial charge in [-0.1, -0.05) is 60.0 Å². The second-order valence-electron chi connectivity index (χ2n) is 12.3. The average molecular weight is 403 g/mol. The van der Waals surface area contributed by atoms with Gasteiger partial charge in [-0.2, -0.15) is 0 Å². The van der Waals surface area contributed by atoms with E-state index in [1.807, 2.05) is 0 Å². The number of aliphatic hydroxyl groups is 2. The normalized spacial score (nSPS) is 47.9. The first-order valence-corrected chi connectivity index (χ1v) is 12.7. The summed E-state index contributed by atoms with van der Waals surface area (Å²) < 4.78 is 0. The van der Waals surface area contributed by atoms with Gasteiger partial charge in [-0.15, -0.1) is 0 Å². The third-order valence-corrected chi connectivity index (χ3v) is 10.4. The van der Waals surface area contributed by atoms with E-state index in [-0.39, 0.29) is 5.41 Å². The van der Waals surface area contributed by atoms with Gasteiger partial charge in [0.2, 0.25) is 0 Å². The van der Waals surface area contributed by atoms with Crippen LogP contribution in [0.3, 0.4) is 0 Å². The molecule has 0 radical (unpaired) electrons. The van der Waals surface area contributed by atoms with Crippen molar-refractivity contribution in [2.45, 2.75) is 111 Å². The van der Waals surface area contributed by atoms with Crippen LogP contribution in [0.5, 0.6) is 0 Å². The van der Waals surface area contributed by atoms with Crippen molar-refractivity contribution in [3.63, 3.8) is 0 Å². The average Bonchev–Trinajstić information content (AvgIpc) is 3.02. The molecule has 3 fully saturated rings. The van der Waals surface area contributed by atoms with Crippen LogP contribution in [0.1, 0.15) is 98.8 Å². The second kappa shape index (κ2) is 7.97. The molecule has 0 unspecified atom stereocenters. The van der Waals surface area contributed by atoms with Crippen LogP contribution in [-0.2, 0) is 0 Å². The molecule has 9 atom stereocenters. The Bertz CT molecular complexity index is 624. The molecule has 0 spiro atoms. The number of rotatable bonds is 5. The Morgan fingerprint density at radius 2 is 1.72 bits per heavy atom. The summed E-state index contributed by atoms with van der Waals surface area (Å²) in [5.74, 6) is 4.95. The van der Waals surface area contributed by atoms with Gasteiger partial charge < -0.3 is 10.2 Å². The minimum absolute atomic E-state index is 0.115. The maximum atomic E-state index is 10.7. The minimum atomic E-state index is -0.625. The molecule has 0 bridgehead atoms. The van der Waals surface area contributed by atoms with Crippen molar-refractivity contribution in [3.8, 4) is 0 Å². The zero-order chi connectivity index (χ0) is 21.0. The first kappa shape index (κ1) is 21.9. The van der Waals surface area contributed by atoms with Crippen molar-refractivity contribution in [3.05, 3.63) is 11.6 Å². The van der Waals surface area contributed by atoms with Crippen LogP contribution in [0.2, 0.25) is 0 Å². The van der Waals surface area contributed by atoms with Gasteiger partial charge in [-0.25, -0.2) is 0 Å². The lowest BCUT2D eigenvalue weighted by Gasteiger charge is -2.59. The van der Waals surface area contributed by atoms with Crippen LogP contribution in [0, 0.1) is 46.3 Å². The van der Waals surface area contributed by atoms with Gasteiger partial charge in [-0.3, -0.25) is 0 Å². The quantitative estimate of drug-likeness (QED) is 0.525. The maximum absolute atomic E-state index is 10.7. The fourth-order valence-corrected chi connectivity index (χ4v) is 8.74. The highest BCUT2D eigenvalue weighted by atomic mass is 16.3. The molecule has 0 aromatic carbocycles. The van der Waals surface area contributed by atoms with E-state index in [0.717, 1.165) is 48.9 Å². The second-order valence-corrected chi connectivity index (χ2v) is 12.3. The number of hydrogen-bond donors (Lipinski definition) is 2. The van der Waals surface area contributed by atoms with Gasteiger partial charge in [0.05, 0.1) is 6.10 Å². The van der Waals surface area contributed by atoms with Crippen molar-refractivity contribution in [1.29, 1.82) is 0 Å². The number of fused-ring (bicyclic) bond motifs is 5. The molecule has 29 heavy (non-hydrogen) atoms. The molecule has 0 amide bonds. The zero-order valence-corrected chi connectivity index (χ0v) is 19.7. The molecule has 2 nitrogen and oxygen atoms in total. The van der Waals surface area contributed by atoms with E-state index in [1.54, 1.807) is 0 Å². The van der Waals surface area contributed by atoms with Crippen LogP contribution in [-0.4, -0.2) is 22.4 Å². The van der Waals surface area contributed by atoms with Crippen LogP contribution in [0.15, 0.2) is 11.6 Å². The Morgan fingerprint density at radius 3 is 2.45 bits per heavy atom. The van der Waals surface area contributed by atoms with E-state index >= 15 is 0 Å². The Labute approximate surface area is 179 Å². The van der Waals surface area contributed by atoms with Crippen molar-refractivity contribution < 1.29 is 10.2 Å². The van der Waals surface area contributed by atoms with Crippen molar-refractivity contribution >= 4 is 0 Å². The van der Waals surface area contributed by atoms with Crippen LogP contribution in [0.25, 0.3) is 0 Å². The lowest BCUT2D eigenvalue weighted by molar-refractivity contribution is -0.0801. The van der Waals surface area contributed by atoms with Crippen LogP contribution < -0.4 is 0 Å². The first-order chi connectivity index (χ1) is 13.7. The Kier molecular flexibility index (Phi) is 6.01. The van der Waals surface area contributed by atoms with Gasteiger partial charge in [-0.05, 0) is 96.9 Å². The fourth-order valence-electron chi connectivity index (χ4n) is 8.74. The summed E-state index contributed by atoms with van der Waals surface area (Å²) in [6.07, 6.45) is 13.9. The van der Waals surface area contributed by atoms with Gasteiger partial charge in [0.1, 0.15) is 6.10 Å². The van der Waals surface area contributed by atoms with E-state index in [9.17, 15) is 10.2 Å². The summed E-state index contributed by atoms with van der Waals surface area (Å²) in [7, 11) is 0. The first-order valence-electron chi connectivity index (χ1n) is 12.7. The topological polar surface area (TPSA) is 40.5 Å². The molecule has 2 heteroatoms. The standard InChI is InChI=1S/C27H46O2/c1-17(2)7-6-8-18(3)20-11-12-21-19-9-10-23-25(29)24(28)14-16-27(23,5)22(19)13-15-26(20,21)4/h10,17-22,24-25,28-29H,6-9,11-16H2,1-5H3/t18-,19+,20-,21+,22+,24-,25-,26-,27+/m0/s1. The van der Waals surface area contributed by atoms with Crippen LogP contribution >= 0.6 is 0 Å². The summed E-state index contributed by atoms with van der Waals surface area (Å²) in [6.45, 7) is 12.3. The Hall–Kier alpha value is -0.340. The molecule has 3 saturated carbocycles. The summed E-state index contributed by atoms with van der Waals surface area (Å²) >= 11 is 0. The number of hydrogen-bond acceptors (Lipinski definition) is 2. The summed E-state index contributed by atoms with van der Waals surface area (Å²) in [6, 6.07) is 0. The zero-order valence-electron chi connectivity index (χ0n) is 19.7. The molecule has 0 saturated heterocycles. The van der Waals surface area contributed by atoms with Crippen molar-refractivity contribution in [2.75, 3.05) is 0 Å². The summed E-state index contributed by atoms with van der Waals surface area (Å²) in [5, 5.41) is 20.9. The largest absolute Gasteiger partial charge is 0.390 e. The van der Waals surface area contributed by atoms with E-state index in [1.165, 1.54) is 50.5 Å². The maximum Gasteiger partial charge on any atom is 0.101 e. The van der Waals surface area contributed by atoms with E-state index in [0.29, 0.717) is 11.3 Å². The molecule has 166 valence electrons. The minimum Gasteiger partial charge on any atom is -0.390 e. The molecule has 0 aliphatic heterocycles.